The molecule has 2 rings (SSSR count). The number of para-hydroxylation sites is 2. The minimum absolute atomic E-state index is 0.552. The van der Waals surface area contributed by atoms with Gasteiger partial charge in [0, 0.05) is 6.92 Å². The molecule has 1 atom stereocenters. The summed E-state index contributed by atoms with van der Waals surface area (Å²) < 4.78 is 5.45. The first kappa shape index (κ1) is 6.85. The minimum Gasteiger partial charge on any atom is -0.457 e. The molecule has 1 aliphatic rings. The Labute approximate surface area is 71.0 Å². The molecule has 11 heavy (non-hydrogen) atoms. The SMILES string of the molecule is CC1(S)Nc2ccccc2O1. The molecule has 3 heteroatoms. The molecule has 1 unspecified atom stereocenters. The van der Waals surface area contributed by atoms with Crippen molar-refractivity contribution in [2.24, 2.45) is 0 Å². The molecule has 1 aromatic carbocycles. The first-order valence-corrected chi connectivity index (χ1v) is 3.91. The van der Waals surface area contributed by atoms with Crippen molar-refractivity contribution in [2.45, 2.75) is 12.0 Å². The third-order valence-corrected chi connectivity index (χ3v) is 1.77. The number of benzene rings is 1. The van der Waals surface area contributed by atoms with Gasteiger partial charge in [-0.25, -0.2) is 0 Å². The van der Waals surface area contributed by atoms with Crippen molar-refractivity contribution in [3.8, 4) is 5.75 Å². The molecule has 0 saturated carbocycles. The highest BCUT2D eigenvalue weighted by atomic mass is 32.1. The van der Waals surface area contributed by atoms with Crippen LogP contribution in [0.25, 0.3) is 0 Å². The topological polar surface area (TPSA) is 21.3 Å². The second-order valence-electron chi connectivity index (χ2n) is 2.71. The Morgan fingerprint density at radius 1 is 1.45 bits per heavy atom. The molecule has 1 aliphatic heterocycles. The van der Waals surface area contributed by atoms with Gasteiger partial charge in [0.15, 0.2) is 0 Å². The quantitative estimate of drug-likeness (QED) is 0.577. The molecule has 58 valence electrons. The van der Waals surface area contributed by atoms with Crippen molar-refractivity contribution in [3.05, 3.63) is 24.3 Å². The van der Waals surface area contributed by atoms with E-state index in [4.69, 9.17) is 4.74 Å². The highest BCUT2D eigenvalue weighted by Crippen LogP contribution is 2.37. The van der Waals surface area contributed by atoms with Crippen molar-refractivity contribution in [1.82, 2.24) is 0 Å². The van der Waals surface area contributed by atoms with Gasteiger partial charge in [-0.15, -0.1) is 12.6 Å². The number of nitrogens with one attached hydrogen (secondary N) is 1. The molecule has 1 aromatic rings. The maximum absolute atomic E-state index is 5.45. The summed E-state index contributed by atoms with van der Waals surface area (Å²) in [5.74, 6) is 0.866. The van der Waals surface area contributed by atoms with Crippen LogP contribution >= 0.6 is 12.6 Å². The summed E-state index contributed by atoms with van der Waals surface area (Å²) in [7, 11) is 0. The van der Waals surface area contributed by atoms with Gasteiger partial charge < -0.3 is 10.1 Å². The Hall–Kier alpha value is -0.830. The third-order valence-electron chi connectivity index (χ3n) is 1.56. The second-order valence-corrected chi connectivity index (χ2v) is 3.56. The van der Waals surface area contributed by atoms with E-state index in [-0.39, 0.29) is 0 Å². The lowest BCUT2D eigenvalue weighted by Crippen LogP contribution is -2.28. The first-order valence-electron chi connectivity index (χ1n) is 3.46. The summed E-state index contributed by atoms with van der Waals surface area (Å²) in [5, 5.41) is 2.56. The molecule has 1 N–H and O–H groups in total. The van der Waals surface area contributed by atoms with Gasteiger partial charge in [-0.1, -0.05) is 12.1 Å². The van der Waals surface area contributed by atoms with Crippen LogP contribution in [0.1, 0.15) is 6.92 Å². The van der Waals surface area contributed by atoms with E-state index in [2.05, 4.69) is 17.9 Å². The maximum atomic E-state index is 5.45. The van der Waals surface area contributed by atoms with Gasteiger partial charge in [0.1, 0.15) is 5.75 Å². The van der Waals surface area contributed by atoms with E-state index >= 15 is 0 Å². The molecular formula is C8H9NOS. The molecule has 0 bridgehead atoms. The summed E-state index contributed by atoms with van der Waals surface area (Å²) in [5.41, 5.74) is 1.00. The summed E-state index contributed by atoms with van der Waals surface area (Å²) in [4.78, 5) is 0. The Bertz CT molecular complexity index is 258. The number of rotatable bonds is 0. The van der Waals surface area contributed by atoms with E-state index in [0.717, 1.165) is 11.4 Å². The van der Waals surface area contributed by atoms with E-state index in [1.54, 1.807) is 0 Å². The molecule has 0 saturated heterocycles. The van der Waals surface area contributed by atoms with Gasteiger partial charge in [0.05, 0.1) is 5.69 Å². The molecule has 0 spiro atoms. The molecular weight excluding hydrogens is 158 g/mol. The number of hydrogen-bond acceptors (Lipinski definition) is 3. The van der Waals surface area contributed by atoms with Crippen molar-refractivity contribution in [1.29, 1.82) is 0 Å². The van der Waals surface area contributed by atoms with Gasteiger partial charge in [0.25, 0.3) is 0 Å². The number of thiol groups is 1. The summed E-state index contributed by atoms with van der Waals surface area (Å²) in [6, 6.07) is 7.79. The Kier molecular flexibility index (Phi) is 1.29. The maximum Gasteiger partial charge on any atom is 0.223 e. The van der Waals surface area contributed by atoms with Crippen LogP contribution in [0.5, 0.6) is 5.75 Å². The molecule has 0 fully saturated rings. The van der Waals surface area contributed by atoms with Crippen LogP contribution < -0.4 is 10.1 Å². The fraction of sp³-hybridized carbons (Fsp3) is 0.250. The number of hydrogen-bond donors (Lipinski definition) is 2. The molecule has 0 amide bonds. The lowest BCUT2D eigenvalue weighted by Gasteiger charge is -2.16. The lowest BCUT2D eigenvalue weighted by molar-refractivity contribution is 0.242. The normalized spacial score (nSPS) is 27.1. The summed E-state index contributed by atoms with van der Waals surface area (Å²) >= 11 is 4.26. The van der Waals surface area contributed by atoms with Crippen LogP contribution in [-0.4, -0.2) is 5.06 Å². The third kappa shape index (κ3) is 1.16. The van der Waals surface area contributed by atoms with Gasteiger partial charge >= 0.3 is 0 Å². The summed E-state index contributed by atoms with van der Waals surface area (Å²) in [6.45, 7) is 1.87. The van der Waals surface area contributed by atoms with Gasteiger partial charge in [0.2, 0.25) is 5.06 Å². The predicted octanol–water partition coefficient (Wildman–Crippen LogP) is 2.09. The van der Waals surface area contributed by atoms with Crippen LogP contribution in [-0.2, 0) is 0 Å². The average Bonchev–Trinajstić information content (AvgIpc) is 2.21. The first-order chi connectivity index (χ1) is 5.17. The monoisotopic (exact) mass is 167 g/mol. The van der Waals surface area contributed by atoms with Gasteiger partial charge in [-0.05, 0) is 12.1 Å². The fourth-order valence-electron chi connectivity index (χ4n) is 1.15. The number of fused-ring (bicyclic) bond motifs is 1. The lowest BCUT2D eigenvalue weighted by atomic mass is 10.3. The number of ether oxygens (including phenoxy) is 1. The van der Waals surface area contributed by atoms with E-state index in [1.165, 1.54) is 0 Å². The van der Waals surface area contributed by atoms with Crippen molar-refractivity contribution < 1.29 is 4.74 Å². The Morgan fingerprint density at radius 3 is 2.91 bits per heavy atom. The van der Waals surface area contributed by atoms with Crippen LogP contribution in [0.3, 0.4) is 0 Å². The zero-order valence-electron chi connectivity index (χ0n) is 6.16. The highest BCUT2D eigenvalue weighted by molar-refractivity contribution is 7.81. The molecule has 2 nitrogen and oxygen atoms in total. The van der Waals surface area contributed by atoms with E-state index in [1.807, 2.05) is 31.2 Å². The van der Waals surface area contributed by atoms with Crippen molar-refractivity contribution in [3.63, 3.8) is 0 Å². The summed E-state index contributed by atoms with van der Waals surface area (Å²) in [6.07, 6.45) is 0. The minimum atomic E-state index is -0.552. The zero-order chi connectivity index (χ0) is 7.90. The smallest absolute Gasteiger partial charge is 0.223 e. The number of anilines is 1. The standard InChI is InChI=1S/C8H9NOS/c1-8(11)9-6-4-2-3-5-7(6)10-8/h2-5,9,11H,1H3. The second kappa shape index (κ2) is 2.08. The molecule has 0 aliphatic carbocycles. The van der Waals surface area contributed by atoms with Gasteiger partial charge in [-0.2, -0.15) is 0 Å². The van der Waals surface area contributed by atoms with E-state index in [9.17, 15) is 0 Å². The molecule has 1 heterocycles. The van der Waals surface area contributed by atoms with Crippen LogP contribution in [0.4, 0.5) is 5.69 Å². The van der Waals surface area contributed by atoms with Crippen molar-refractivity contribution in [2.75, 3.05) is 5.32 Å². The molecule has 0 radical (unpaired) electrons. The van der Waals surface area contributed by atoms with Crippen LogP contribution in [0.15, 0.2) is 24.3 Å². The Balaban J connectivity index is 2.41. The Morgan fingerprint density at radius 2 is 2.18 bits per heavy atom. The van der Waals surface area contributed by atoms with Crippen molar-refractivity contribution >= 4 is 18.3 Å². The largest absolute Gasteiger partial charge is 0.457 e. The zero-order valence-corrected chi connectivity index (χ0v) is 7.06. The van der Waals surface area contributed by atoms with Crippen LogP contribution in [0, 0.1) is 0 Å². The average molecular weight is 167 g/mol. The fourth-order valence-corrected chi connectivity index (χ4v) is 1.37. The van der Waals surface area contributed by atoms with Crippen LogP contribution in [0.2, 0.25) is 0 Å². The molecule has 0 aromatic heterocycles. The van der Waals surface area contributed by atoms with Gasteiger partial charge in [-0.3, -0.25) is 0 Å². The van der Waals surface area contributed by atoms with E-state index in [0.29, 0.717) is 0 Å². The van der Waals surface area contributed by atoms with E-state index < -0.39 is 5.06 Å². The predicted molar refractivity (Wildman–Crippen MR) is 48.1 cm³/mol. The highest BCUT2D eigenvalue weighted by Gasteiger charge is 2.29.